The van der Waals surface area contributed by atoms with Crippen molar-refractivity contribution in [1.82, 2.24) is 14.9 Å². The van der Waals surface area contributed by atoms with E-state index in [2.05, 4.69) is 33.1 Å². The fourth-order valence-electron chi connectivity index (χ4n) is 3.63. The van der Waals surface area contributed by atoms with Gasteiger partial charge in [-0.2, -0.15) is 0 Å². The maximum absolute atomic E-state index is 11.8. The molecular formula is C18H19ClN4O. The number of likely N-dealkylation sites (tertiary alicyclic amines) is 1. The van der Waals surface area contributed by atoms with Gasteiger partial charge in [-0.05, 0) is 24.5 Å². The van der Waals surface area contributed by atoms with Crippen LogP contribution < -0.4 is 4.90 Å². The number of halogens is 1. The highest BCUT2D eigenvalue weighted by molar-refractivity contribution is 6.30. The highest BCUT2D eigenvalue weighted by atomic mass is 35.5. The van der Waals surface area contributed by atoms with Crippen molar-refractivity contribution >= 4 is 29.1 Å². The summed E-state index contributed by atoms with van der Waals surface area (Å²) in [4.78, 5) is 24.7. The number of anilines is 2. The second-order valence-electron chi connectivity index (χ2n) is 6.34. The van der Waals surface area contributed by atoms with E-state index >= 15 is 0 Å². The Bertz CT molecular complexity index is 749. The van der Waals surface area contributed by atoms with Gasteiger partial charge >= 0.3 is 0 Å². The van der Waals surface area contributed by atoms with Gasteiger partial charge in [-0.1, -0.05) is 29.8 Å². The lowest BCUT2D eigenvalue weighted by Gasteiger charge is -2.19. The Balaban J connectivity index is 1.54. The molecule has 0 radical (unpaired) electrons. The molecular weight excluding hydrogens is 324 g/mol. The summed E-state index contributed by atoms with van der Waals surface area (Å²) in [7, 11) is 0. The van der Waals surface area contributed by atoms with Crippen LogP contribution in [-0.2, 0) is 4.79 Å². The molecule has 1 atom stereocenters. The van der Waals surface area contributed by atoms with Crippen molar-refractivity contribution in [3.63, 3.8) is 0 Å². The predicted molar refractivity (Wildman–Crippen MR) is 93.7 cm³/mol. The summed E-state index contributed by atoms with van der Waals surface area (Å²) in [6.45, 7) is 2.56. The Labute approximate surface area is 146 Å². The molecule has 1 fully saturated rings. The lowest BCUT2D eigenvalue weighted by Crippen LogP contribution is -2.27. The molecule has 0 saturated carbocycles. The zero-order chi connectivity index (χ0) is 16.5. The summed E-state index contributed by atoms with van der Waals surface area (Å²) in [5.41, 5.74) is 2.46. The van der Waals surface area contributed by atoms with Gasteiger partial charge in [0.15, 0.2) is 0 Å². The van der Waals surface area contributed by atoms with Crippen molar-refractivity contribution < 1.29 is 4.79 Å². The lowest BCUT2D eigenvalue weighted by molar-refractivity contribution is -0.127. The van der Waals surface area contributed by atoms with Crippen LogP contribution in [0.4, 0.5) is 11.6 Å². The zero-order valence-corrected chi connectivity index (χ0v) is 14.1. The topological polar surface area (TPSA) is 49.3 Å². The maximum atomic E-state index is 11.8. The second kappa shape index (κ2) is 6.40. The van der Waals surface area contributed by atoms with E-state index in [1.165, 1.54) is 5.56 Å². The molecule has 0 unspecified atom stereocenters. The quantitative estimate of drug-likeness (QED) is 0.854. The molecule has 0 bridgehead atoms. The third kappa shape index (κ3) is 2.84. The molecule has 6 heteroatoms. The van der Waals surface area contributed by atoms with Crippen LogP contribution in [0.15, 0.2) is 36.7 Å². The summed E-state index contributed by atoms with van der Waals surface area (Å²) in [5, 5.41) is 0.537. The average molecular weight is 343 g/mol. The number of amides is 1. The fourth-order valence-corrected chi connectivity index (χ4v) is 3.73. The van der Waals surface area contributed by atoms with E-state index in [4.69, 9.17) is 11.6 Å². The van der Waals surface area contributed by atoms with Gasteiger partial charge in [0.1, 0.15) is 0 Å². The first kappa shape index (κ1) is 15.4. The number of hydrogen-bond acceptors (Lipinski definition) is 4. The van der Waals surface area contributed by atoms with Gasteiger partial charge in [0.25, 0.3) is 0 Å². The number of rotatable bonds is 4. The summed E-state index contributed by atoms with van der Waals surface area (Å²) in [5.74, 6) is 1.35. The molecule has 5 nitrogen and oxygen atoms in total. The van der Waals surface area contributed by atoms with Crippen LogP contribution in [-0.4, -0.2) is 40.4 Å². The second-order valence-corrected chi connectivity index (χ2v) is 6.78. The van der Waals surface area contributed by atoms with Crippen LogP contribution in [0.5, 0.6) is 0 Å². The van der Waals surface area contributed by atoms with Crippen LogP contribution in [0.1, 0.15) is 30.7 Å². The first-order valence-corrected chi connectivity index (χ1v) is 8.72. The van der Waals surface area contributed by atoms with Gasteiger partial charge in [0, 0.05) is 37.7 Å². The van der Waals surface area contributed by atoms with Gasteiger partial charge in [0.05, 0.1) is 17.4 Å². The summed E-state index contributed by atoms with van der Waals surface area (Å²) in [6.07, 6.45) is 5.91. The minimum atomic E-state index is 0.291. The number of carbonyl (C=O) groups excluding carboxylic acids is 1. The zero-order valence-electron chi connectivity index (χ0n) is 13.4. The Kier molecular flexibility index (Phi) is 4.10. The molecule has 2 aliphatic heterocycles. The monoisotopic (exact) mass is 342 g/mol. The number of fused-ring (bicyclic) bond motifs is 1. The largest absolute Gasteiger partial charge is 0.343 e. The minimum absolute atomic E-state index is 0.291. The van der Waals surface area contributed by atoms with Gasteiger partial charge in [0.2, 0.25) is 11.9 Å². The summed E-state index contributed by atoms with van der Waals surface area (Å²) < 4.78 is 0. The van der Waals surface area contributed by atoms with Crippen LogP contribution in [0.2, 0.25) is 5.02 Å². The standard InChI is InChI=1S/C18H19ClN4O/c19-14-10-20-18(21-11-14)23-12-13(15-4-1-2-5-16(15)23)7-9-22-8-3-6-17(22)24/h1-2,4-5,10-11,13H,3,6-9,12H2/t13-/m1/s1. The van der Waals surface area contributed by atoms with E-state index in [0.29, 0.717) is 29.2 Å². The van der Waals surface area contributed by atoms with Crippen LogP contribution in [0, 0.1) is 0 Å². The SMILES string of the molecule is O=C1CCCN1CC[C@@H]1CN(c2ncc(Cl)cn2)c2ccccc21. The van der Waals surface area contributed by atoms with E-state index in [-0.39, 0.29) is 0 Å². The highest BCUT2D eigenvalue weighted by Crippen LogP contribution is 2.41. The molecule has 1 amide bonds. The van der Waals surface area contributed by atoms with Crippen molar-refractivity contribution in [3.8, 4) is 0 Å². The molecule has 2 aromatic rings. The van der Waals surface area contributed by atoms with E-state index in [1.807, 2.05) is 11.0 Å². The van der Waals surface area contributed by atoms with Crippen molar-refractivity contribution in [2.75, 3.05) is 24.5 Å². The fraction of sp³-hybridized carbons (Fsp3) is 0.389. The maximum Gasteiger partial charge on any atom is 0.229 e. The Morgan fingerprint density at radius 2 is 2.00 bits per heavy atom. The molecule has 3 heterocycles. The van der Waals surface area contributed by atoms with E-state index in [9.17, 15) is 4.79 Å². The summed E-state index contributed by atoms with van der Waals surface area (Å²) >= 11 is 5.90. The molecule has 24 heavy (non-hydrogen) atoms. The minimum Gasteiger partial charge on any atom is -0.343 e. The van der Waals surface area contributed by atoms with Crippen molar-refractivity contribution in [2.45, 2.75) is 25.2 Å². The Morgan fingerprint density at radius 3 is 2.75 bits per heavy atom. The molecule has 1 saturated heterocycles. The van der Waals surface area contributed by atoms with Gasteiger partial charge in [-0.3, -0.25) is 4.79 Å². The molecule has 2 aliphatic rings. The van der Waals surface area contributed by atoms with Crippen LogP contribution in [0.25, 0.3) is 0 Å². The smallest absolute Gasteiger partial charge is 0.229 e. The number of para-hydroxylation sites is 1. The Hall–Kier alpha value is -2.14. The first-order valence-electron chi connectivity index (χ1n) is 8.34. The van der Waals surface area contributed by atoms with Crippen molar-refractivity contribution in [1.29, 1.82) is 0 Å². The third-order valence-electron chi connectivity index (χ3n) is 4.84. The first-order chi connectivity index (χ1) is 11.7. The van der Waals surface area contributed by atoms with E-state index in [0.717, 1.165) is 38.2 Å². The predicted octanol–water partition coefficient (Wildman–Crippen LogP) is 3.38. The molecule has 1 aromatic carbocycles. The van der Waals surface area contributed by atoms with Gasteiger partial charge in [-0.15, -0.1) is 0 Å². The van der Waals surface area contributed by atoms with Crippen molar-refractivity contribution in [2.24, 2.45) is 0 Å². The molecule has 4 rings (SSSR count). The molecule has 0 aliphatic carbocycles. The number of nitrogens with zero attached hydrogens (tertiary/aromatic N) is 4. The number of carbonyl (C=O) groups is 1. The summed E-state index contributed by atoms with van der Waals surface area (Å²) in [6, 6.07) is 8.38. The normalized spacial score (nSPS) is 19.9. The van der Waals surface area contributed by atoms with Gasteiger partial charge in [-0.25, -0.2) is 9.97 Å². The number of benzene rings is 1. The van der Waals surface area contributed by atoms with Crippen molar-refractivity contribution in [3.05, 3.63) is 47.2 Å². The van der Waals surface area contributed by atoms with E-state index < -0.39 is 0 Å². The number of aromatic nitrogens is 2. The molecule has 124 valence electrons. The van der Waals surface area contributed by atoms with Crippen LogP contribution in [0.3, 0.4) is 0 Å². The van der Waals surface area contributed by atoms with E-state index in [1.54, 1.807) is 12.4 Å². The highest BCUT2D eigenvalue weighted by Gasteiger charge is 2.31. The average Bonchev–Trinajstić information content (AvgIpc) is 3.17. The third-order valence-corrected chi connectivity index (χ3v) is 5.03. The Morgan fingerprint density at radius 1 is 1.21 bits per heavy atom. The number of hydrogen-bond donors (Lipinski definition) is 0. The molecule has 0 N–H and O–H groups in total. The molecule has 1 aromatic heterocycles. The molecule has 0 spiro atoms. The lowest BCUT2D eigenvalue weighted by atomic mass is 9.98. The van der Waals surface area contributed by atoms with Crippen LogP contribution >= 0.6 is 11.6 Å². The van der Waals surface area contributed by atoms with Gasteiger partial charge < -0.3 is 9.80 Å².